The number of H-pyrrole nitrogens is 1. The molecule has 0 radical (unpaired) electrons. The first-order valence-corrected chi connectivity index (χ1v) is 7.28. The van der Waals surface area contributed by atoms with E-state index < -0.39 is 0 Å². The highest BCUT2D eigenvalue weighted by atomic mass is 32.1. The van der Waals surface area contributed by atoms with Gasteiger partial charge in [0.2, 0.25) is 0 Å². The zero-order chi connectivity index (χ0) is 12.4. The fourth-order valence-corrected chi connectivity index (χ4v) is 3.12. The number of rotatable bonds is 4. The fourth-order valence-electron chi connectivity index (χ4n) is 1.72. The lowest BCUT2D eigenvalue weighted by molar-refractivity contribution is 0.669. The monoisotopic (exact) mass is 277 g/mol. The first-order chi connectivity index (χ1) is 8.83. The van der Waals surface area contributed by atoms with Crippen molar-refractivity contribution < 1.29 is 0 Å². The molecule has 92 valence electrons. The molecule has 0 fully saturated rings. The molecule has 0 aliphatic heterocycles. The molecule has 18 heavy (non-hydrogen) atoms. The summed E-state index contributed by atoms with van der Waals surface area (Å²) in [4.78, 5) is 20.2. The normalized spacial score (nSPS) is 11.1. The van der Waals surface area contributed by atoms with E-state index in [9.17, 15) is 4.79 Å². The molecule has 0 atom stereocenters. The quantitative estimate of drug-likeness (QED) is 0.769. The van der Waals surface area contributed by atoms with Gasteiger partial charge in [0, 0.05) is 11.4 Å². The Hall–Kier alpha value is -1.50. The van der Waals surface area contributed by atoms with E-state index in [4.69, 9.17) is 0 Å². The Morgan fingerprint density at radius 2 is 2.17 bits per heavy atom. The van der Waals surface area contributed by atoms with Crippen molar-refractivity contribution >= 4 is 32.9 Å². The molecule has 4 nitrogen and oxygen atoms in total. The summed E-state index contributed by atoms with van der Waals surface area (Å²) >= 11 is 3.13. The second-order valence-corrected chi connectivity index (χ2v) is 5.78. The number of fused-ring (bicyclic) bond motifs is 1. The molecule has 0 aromatic carbocycles. The third-order valence-electron chi connectivity index (χ3n) is 2.54. The van der Waals surface area contributed by atoms with Crippen LogP contribution in [0.15, 0.2) is 33.8 Å². The summed E-state index contributed by atoms with van der Waals surface area (Å²) in [5, 5.41) is 7.20. The predicted molar refractivity (Wildman–Crippen MR) is 75.1 cm³/mol. The van der Waals surface area contributed by atoms with E-state index in [0.29, 0.717) is 17.1 Å². The van der Waals surface area contributed by atoms with Gasteiger partial charge in [0.25, 0.3) is 5.56 Å². The molecule has 3 heterocycles. The lowest BCUT2D eigenvalue weighted by atomic mass is 10.4. The van der Waals surface area contributed by atoms with Crippen LogP contribution in [0.5, 0.6) is 0 Å². The lowest BCUT2D eigenvalue weighted by Gasteiger charge is -2.02. The molecule has 3 rings (SSSR count). The number of hydrogen-bond acceptors (Lipinski definition) is 5. The molecular formula is C12H11N3OS2. The minimum absolute atomic E-state index is 0.0528. The molecule has 3 aromatic heterocycles. The van der Waals surface area contributed by atoms with E-state index >= 15 is 0 Å². The topological polar surface area (TPSA) is 57.8 Å². The van der Waals surface area contributed by atoms with Crippen LogP contribution in [0, 0.1) is 0 Å². The molecule has 3 aromatic rings. The van der Waals surface area contributed by atoms with Gasteiger partial charge in [-0.25, -0.2) is 4.98 Å². The van der Waals surface area contributed by atoms with Gasteiger partial charge in [0.1, 0.15) is 10.5 Å². The summed E-state index contributed by atoms with van der Waals surface area (Å²) in [6.45, 7) is 1.36. The molecule has 0 aliphatic rings. The van der Waals surface area contributed by atoms with Gasteiger partial charge < -0.3 is 10.3 Å². The Kier molecular flexibility index (Phi) is 3.22. The summed E-state index contributed by atoms with van der Waals surface area (Å²) in [5.41, 5.74) is 0.722. The molecule has 0 unspecified atom stereocenters. The number of aromatic nitrogens is 2. The van der Waals surface area contributed by atoms with Crippen molar-refractivity contribution in [2.75, 3.05) is 0 Å². The lowest BCUT2D eigenvalue weighted by Crippen LogP contribution is -2.18. The molecular weight excluding hydrogens is 266 g/mol. The minimum Gasteiger partial charge on any atom is -0.308 e. The van der Waals surface area contributed by atoms with Crippen LogP contribution in [0.25, 0.3) is 10.2 Å². The largest absolute Gasteiger partial charge is 0.308 e. The first-order valence-electron chi connectivity index (χ1n) is 5.52. The molecule has 0 bridgehead atoms. The molecule has 0 saturated carbocycles. The molecule has 6 heteroatoms. The van der Waals surface area contributed by atoms with E-state index in [2.05, 4.69) is 26.7 Å². The van der Waals surface area contributed by atoms with Gasteiger partial charge >= 0.3 is 0 Å². The number of hydrogen-bond donors (Lipinski definition) is 2. The number of aromatic amines is 1. The zero-order valence-corrected chi connectivity index (χ0v) is 11.1. The highest BCUT2D eigenvalue weighted by Gasteiger charge is 2.04. The van der Waals surface area contributed by atoms with Crippen LogP contribution in [0.4, 0.5) is 0 Å². The summed E-state index contributed by atoms with van der Waals surface area (Å²) < 4.78 is 0.692. The average molecular weight is 277 g/mol. The highest BCUT2D eigenvalue weighted by molar-refractivity contribution is 7.17. The van der Waals surface area contributed by atoms with Crippen LogP contribution in [-0.4, -0.2) is 9.97 Å². The second kappa shape index (κ2) is 5.01. The summed E-state index contributed by atoms with van der Waals surface area (Å²) in [5.74, 6) is 0.683. The van der Waals surface area contributed by atoms with Gasteiger partial charge in [-0.2, -0.15) is 0 Å². The van der Waals surface area contributed by atoms with Crippen molar-refractivity contribution in [2.45, 2.75) is 13.1 Å². The van der Waals surface area contributed by atoms with Crippen LogP contribution in [-0.2, 0) is 13.1 Å². The van der Waals surface area contributed by atoms with Crippen molar-refractivity contribution in [1.29, 1.82) is 0 Å². The molecule has 0 aliphatic carbocycles. The van der Waals surface area contributed by atoms with Crippen molar-refractivity contribution in [3.63, 3.8) is 0 Å². The predicted octanol–water partition coefficient (Wildman–Crippen LogP) is 2.34. The van der Waals surface area contributed by atoms with Gasteiger partial charge in [-0.1, -0.05) is 6.07 Å². The average Bonchev–Trinajstić information content (AvgIpc) is 2.99. The van der Waals surface area contributed by atoms with E-state index in [0.717, 1.165) is 12.1 Å². The van der Waals surface area contributed by atoms with Gasteiger partial charge in [-0.05, 0) is 22.9 Å². The maximum absolute atomic E-state index is 11.7. The van der Waals surface area contributed by atoms with E-state index in [1.165, 1.54) is 16.2 Å². The molecule has 2 N–H and O–H groups in total. The standard InChI is InChI=1S/C12H11N3OS2/c16-12-11-9(3-5-18-11)14-10(15-12)7-13-6-8-2-1-4-17-8/h1-5,13H,6-7H2,(H,14,15,16). The summed E-state index contributed by atoms with van der Waals surface area (Å²) in [6, 6.07) is 5.98. The van der Waals surface area contributed by atoms with Crippen LogP contribution in [0.2, 0.25) is 0 Å². The minimum atomic E-state index is -0.0528. The Morgan fingerprint density at radius 3 is 3.00 bits per heavy atom. The second-order valence-electron chi connectivity index (χ2n) is 3.83. The molecule has 0 saturated heterocycles. The van der Waals surface area contributed by atoms with E-state index in [-0.39, 0.29) is 5.56 Å². The SMILES string of the molecule is O=c1[nH]c(CNCc2cccs2)nc2ccsc12. The number of thiophene rings is 2. The maximum atomic E-state index is 11.7. The number of nitrogens with zero attached hydrogens (tertiary/aromatic N) is 1. The van der Waals surface area contributed by atoms with Crippen LogP contribution < -0.4 is 10.9 Å². The van der Waals surface area contributed by atoms with Crippen molar-refractivity contribution in [3.8, 4) is 0 Å². The van der Waals surface area contributed by atoms with E-state index in [1.54, 1.807) is 11.3 Å². The van der Waals surface area contributed by atoms with Gasteiger partial charge in [-0.3, -0.25) is 4.79 Å². The van der Waals surface area contributed by atoms with E-state index in [1.807, 2.05) is 17.5 Å². The molecule has 0 amide bonds. The Morgan fingerprint density at radius 1 is 1.22 bits per heavy atom. The Bertz CT molecular complexity index is 700. The fraction of sp³-hybridized carbons (Fsp3) is 0.167. The van der Waals surface area contributed by atoms with Crippen LogP contribution in [0.3, 0.4) is 0 Å². The van der Waals surface area contributed by atoms with Gasteiger partial charge in [0.05, 0.1) is 12.1 Å². The smallest absolute Gasteiger partial charge is 0.268 e. The first kappa shape index (κ1) is 11.6. The van der Waals surface area contributed by atoms with Crippen LogP contribution >= 0.6 is 22.7 Å². The Labute approximate surface area is 111 Å². The summed E-state index contributed by atoms with van der Waals surface area (Å²) in [7, 11) is 0. The Balaban J connectivity index is 1.72. The summed E-state index contributed by atoms with van der Waals surface area (Å²) in [6.07, 6.45) is 0. The third-order valence-corrected chi connectivity index (χ3v) is 4.31. The van der Waals surface area contributed by atoms with Gasteiger partial charge in [0.15, 0.2) is 0 Å². The number of nitrogens with one attached hydrogen (secondary N) is 2. The zero-order valence-electron chi connectivity index (χ0n) is 9.47. The highest BCUT2D eigenvalue weighted by Crippen LogP contribution is 2.13. The van der Waals surface area contributed by atoms with Crippen molar-refractivity contribution in [2.24, 2.45) is 0 Å². The van der Waals surface area contributed by atoms with Crippen molar-refractivity contribution in [3.05, 3.63) is 50.0 Å². The van der Waals surface area contributed by atoms with Crippen LogP contribution in [0.1, 0.15) is 10.7 Å². The molecule has 0 spiro atoms. The van der Waals surface area contributed by atoms with Gasteiger partial charge in [-0.15, -0.1) is 22.7 Å². The maximum Gasteiger partial charge on any atom is 0.268 e. The van der Waals surface area contributed by atoms with Crippen molar-refractivity contribution in [1.82, 2.24) is 15.3 Å². The third kappa shape index (κ3) is 2.35.